The van der Waals surface area contributed by atoms with Gasteiger partial charge in [0, 0.05) is 6.20 Å². The number of hydrogen-bond donors (Lipinski definition) is 1. The third-order valence-corrected chi connectivity index (χ3v) is 3.88. The number of halogens is 1. The van der Waals surface area contributed by atoms with Crippen molar-refractivity contribution in [3.63, 3.8) is 0 Å². The van der Waals surface area contributed by atoms with Crippen LogP contribution in [0.2, 0.25) is 0 Å². The van der Waals surface area contributed by atoms with Crippen molar-refractivity contribution in [2.75, 3.05) is 6.61 Å². The highest BCUT2D eigenvalue weighted by Gasteiger charge is 2.37. The lowest BCUT2D eigenvalue weighted by atomic mass is 9.86. The van der Waals surface area contributed by atoms with Crippen molar-refractivity contribution in [1.82, 2.24) is 4.98 Å². The Hall–Kier alpha value is -1.94. The van der Waals surface area contributed by atoms with Gasteiger partial charge < -0.3 is 10.5 Å². The fraction of sp³-hybridized carbons (Fsp3) is 0.312. The highest BCUT2D eigenvalue weighted by molar-refractivity contribution is 5.47. The van der Waals surface area contributed by atoms with Crippen molar-refractivity contribution >= 4 is 0 Å². The lowest BCUT2D eigenvalue weighted by Gasteiger charge is -2.26. The molecule has 1 atom stereocenters. The van der Waals surface area contributed by atoms with Gasteiger partial charge in [-0.3, -0.25) is 4.98 Å². The Labute approximate surface area is 117 Å². The maximum absolute atomic E-state index is 13.3. The number of aromatic nitrogens is 1. The molecule has 0 spiro atoms. The van der Waals surface area contributed by atoms with Crippen molar-refractivity contribution < 1.29 is 9.13 Å². The number of rotatable bonds is 3. The van der Waals surface area contributed by atoms with E-state index in [1.165, 1.54) is 6.07 Å². The predicted molar refractivity (Wildman–Crippen MR) is 75.1 cm³/mol. The van der Waals surface area contributed by atoms with Crippen LogP contribution in [-0.2, 0) is 12.0 Å². The van der Waals surface area contributed by atoms with Crippen LogP contribution in [-0.4, -0.2) is 11.6 Å². The van der Waals surface area contributed by atoms with Gasteiger partial charge in [0.25, 0.3) is 0 Å². The van der Waals surface area contributed by atoms with Crippen LogP contribution in [0.25, 0.3) is 0 Å². The van der Waals surface area contributed by atoms with E-state index in [-0.39, 0.29) is 5.82 Å². The molecule has 2 aromatic rings. The van der Waals surface area contributed by atoms with Crippen molar-refractivity contribution in [3.8, 4) is 5.75 Å². The molecule has 1 aromatic carbocycles. The molecule has 3 nitrogen and oxygen atoms in total. The zero-order valence-electron chi connectivity index (χ0n) is 11.4. The number of aryl methyl sites for hydroxylation is 1. The average Bonchev–Trinajstić information content (AvgIpc) is 2.78. The summed E-state index contributed by atoms with van der Waals surface area (Å²) in [5.41, 5.74) is 8.85. The van der Waals surface area contributed by atoms with E-state index >= 15 is 0 Å². The maximum Gasteiger partial charge on any atom is 0.137 e. The van der Waals surface area contributed by atoms with Gasteiger partial charge in [-0.15, -0.1) is 0 Å². The van der Waals surface area contributed by atoms with Crippen molar-refractivity contribution in [1.29, 1.82) is 0 Å². The Morgan fingerprint density at radius 1 is 1.35 bits per heavy atom. The molecule has 20 heavy (non-hydrogen) atoms. The topological polar surface area (TPSA) is 48.1 Å². The second-order valence-electron chi connectivity index (χ2n) is 5.12. The third-order valence-electron chi connectivity index (χ3n) is 3.88. The summed E-state index contributed by atoms with van der Waals surface area (Å²) in [6, 6.07) is 6.75. The number of fused-ring (bicyclic) bond motifs is 1. The smallest absolute Gasteiger partial charge is 0.137 e. The number of pyridine rings is 1. The molecule has 2 N–H and O–H groups in total. The van der Waals surface area contributed by atoms with E-state index in [0.29, 0.717) is 12.4 Å². The third kappa shape index (κ3) is 2.06. The van der Waals surface area contributed by atoms with E-state index in [9.17, 15) is 4.39 Å². The van der Waals surface area contributed by atoms with E-state index in [1.54, 1.807) is 24.5 Å². The molecule has 1 aromatic heterocycles. The molecule has 1 unspecified atom stereocenters. The van der Waals surface area contributed by atoms with Crippen LogP contribution in [0.5, 0.6) is 5.75 Å². The monoisotopic (exact) mass is 272 g/mol. The molecule has 0 aliphatic heterocycles. The standard InChI is InChI=1S/C16H17FN2O/c1-2-20-14-8-12(9-19-10-14)16(18)6-5-11-7-13(17)3-4-15(11)16/h3-4,7-10H,2,5-6,18H2,1H3. The number of nitrogens with zero attached hydrogens (tertiary/aromatic N) is 1. The number of ether oxygens (including phenoxy) is 1. The molecule has 0 bridgehead atoms. The van der Waals surface area contributed by atoms with Crippen LogP contribution >= 0.6 is 0 Å². The highest BCUT2D eigenvalue weighted by atomic mass is 19.1. The minimum Gasteiger partial charge on any atom is -0.492 e. The molecule has 1 heterocycles. The van der Waals surface area contributed by atoms with E-state index in [1.807, 2.05) is 13.0 Å². The van der Waals surface area contributed by atoms with Gasteiger partial charge >= 0.3 is 0 Å². The molecule has 3 rings (SSSR count). The summed E-state index contributed by atoms with van der Waals surface area (Å²) in [6.07, 6.45) is 4.98. The predicted octanol–water partition coefficient (Wildman–Crippen LogP) is 2.77. The molecular weight excluding hydrogens is 255 g/mol. The minimum absolute atomic E-state index is 0.214. The van der Waals surface area contributed by atoms with Crippen molar-refractivity contribution in [2.24, 2.45) is 5.73 Å². The van der Waals surface area contributed by atoms with E-state index in [2.05, 4.69) is 4.98 Å². The summed E-state index contributed by atoms with van der Waals surface area (Å²) in [6.45, 7) is 2.52. The van der Waals surface area contributed by atoms with E-state index in [0.717, 1.165) is 29.5 Å². The first-order chi connectivity index (χ1) is 9.63. The van der Waals surface area contributed by atoms with Gasteiger partial charge in [0.05, 0.1) is 18.3 Å². The first kappa shape index (κ1) is 13.1. The van der Waals surface area contributed by atoms with Crippen LogP contribution < -0.4 is 10.5 Å². The Morgan fingerprint density at radius 2 is 2.20 bits per heavy atom. The van der Waals surface area contributed by atoms with Crippen LogP contribution in [0.15, 0.2) is 36.7 Å². The Morgan fingerprint density at radius 3 is 3.00 bits per heavy atom. The highest BCUT2D eigenvalue weighted by Crippen LogP contribution is 2.40. The number of hydrogen-bond acceptors (Lipinski definition) is 3. The fourth-order valence-corrected chi connectivity index (χ4v) is 2.88. The summed E-state index contributed by atoms with van der Waals surface area (Å²) in [5, 5.41) is 0. The lowest BCUT2D eigenvalue weighted by molar-refractivity contribution is 0.337. The van der Waals surface area contributed by atoms with Crippen LogP contribution in [0.4, 0.5) is 4.39 Å². The molecule has 4 heteroatoms. The van der Waals surface area contributed by atoms with E-state index in [4.69, 9.17) is 10.5 Å². The SMILES string of the molecule is CCOc1cncc(C2(N)CCc3cc(F)ccc32)c1. The maximum atomic E-state index is 13.3. The van der Waals surface area contributed by atoms with Gasteiger partial charge in [-0.1, -0.05) is 6.07 Å². The fourth-order valence-electron chi connectivity index (χ4n) is 2.88. The molecule has 0 radical (unpaired) electrons. The van der Waals surface area contributed by atoms with Crippen molar-refractivity contribution in [2.45, 2.75) is 25.3 Å². The Balaban J connectivity index is 2.04. The Bertz CT molecular complexity index is 644. The van der Waals surface area contributed by atoms with E-state index < -0.39 is 5.54 Å². The molecule has 0 amide bonds. The summed E-state index contributed by atoms with van der Waals surface area (Å²) < 4.78 is 18.8. The van der Waals surface area contributed by atoms with Gasteiger partial charge in [0.2, 0.25) is 0 Å². The lowest BCUT2D eigenvalue weighted by Crippen LogP contribution is -2.35. The van der Waals surface area contributed by atoms with Gasteiger partial charge in [-0.2, -0.15) is 0 Å². The molecule has 1 aliphatic carbocycles. The number of nitrogens with two attached hydrogens (primary N) is 1. The zero-order valence-corrected chi connectivity index (χ0v) is 11.4. The van der Waals surface area contributed by atoms with Gasteiger partial charge in [-0.25, -0.2) is 4.39 Å². The first-order valence-electron chi connectivity index (χ1n) is 6.79. The van der Waals surface area contributed by atoms with Crippen LogP contribution in [0, 0.1) is 5.82 Å². The van der Waals surface area contributed by atoms with Gasteiger partial charge in [-0.05, 0) is 54.7 Å². The number of benzene rings is 1. The summed E-state index contributed by atoms with van der Waals surface area (Å²) in [5.74, 6) is 0.500. The zero-order chi connectivity index (χ0) is 14.2. The first-order valence-corrected chi connectivity index (χ1v) is 6.79. The van der Waals surface area contributed by atoms with Gasteiger partial charge in [0.15, 0.2) is 0 Å². The Kier molecular flexibility index (Phi) is 3.18. The molecule has 1 aliphatic rings. The van der Waals surface area contributed by atoms with Crippen LogP contribution in [0.1, 0.15) is 30.0 Å². The molecule has 104 valence electrons. The van der Waals surface area contributed by atoms with Gasteiger partial charge in [0.1, 0.15) is 11.6 Å². The summed E-state index contributed by atoms with van der Waals surface area (Å²) >= 11 is 0. The molecule has 0 saturated heterocycles. The van der Waals surface area contributed by atoms with Crippen LogP contribution in [0.3, 0.4) is 0 Å². The molecular formula is C16H17FN2O. The van der Waals surface area contributed by atoms with Crippen molar-refractivity contribution in [3.05, 3.63) is 59.2 Å². The largest absolute Gasteiger partial charge is 0.492 e. The average molecular weight is 272 g/mol. The normalized spacial score (nSPS) is 20.8. The summed E-state index contributed by atoms with van der Waals surface area (Å²) in [4.78, 5) is 4.20. The minimum atomic E-state index is -0.608. The molecule has 0 fully saturated rings. The molecule has 0 saturated carbocycles. The quantitative estimate of drug-likeness (QED) is 0.934. The summed E-state index contributed by atoms with van der Waals surface area (Å²) in [7, 11) is 0. The second-order valence-corrected chi connectivity index (χ2v) is 5.12. The second kappa shape index (κ2) is 4.87.